The van der Waals surface area contributed by atoms with Crippen LogP contribution < -0.4 is 10.6 Å². The van der Waals surface area contributed by atoms with Gasteiger partial charge in [-0.15, -0.1) is 0 Å². The second-order valence-corrected chi connectivity index (χ2v) is 5.84. The molecule has 4 nitrogen and oxygen atoms in total. The Morgan fingerprint density at radius 1 is 1.22 bits per heavy atom. The van der Waals surface area contributed by atoms with Crippen molar-refractivity contribution in [3.8, 4) is 11.3 Å². The van der Waals surface area contributed by atoms with Gasteiger partial charge in [0.25, 0.3) is 0 Å². The number of likely N-dealkylation sites (N-methyl/N-ethyl adjacent to an activating group) is 1. The Labute approximate surface area is 136 Å². The minimum atomic E-state index is 0.417. The molecular formula is C18H16BN4. The Bertz CT molecular complexity index is 935. The molecule has 3 aromatic rings. The molecule has 0 atom stereocenters. The predicted octanol–water partition coefficient (Wildman–Crippen LogP) is 2.05. The molecule has 111 valence electrons. The molecular weight excluding hydrogens is 283 g/mol. The third-order valence-corrected chi connectivity index (χ3v) is 4.38. The molecule has 0 bridgehead atoms. The third-order valence-electron chi connectivity index (χ3n) is 4.38. The Balaban J connectivity index is 1.82. The van der Waals surface area contributed by atoms with Gasteiger partial charge in [-0.2, -0.15) is 0 Å². The van der Waals surface area contributed by atoms with Gasteiger partial charge in [-0.1, -0.05) is 0 Å². The fourth-order valence-electron chi connectivity index (χ4n) is 2.98. The molecule has 1 radical (unpaired) electrons. The van der Waals surface area contributed by atoms with Gasteiger partial charge in [0.1, 0.15) is 0 Å². The topological polar surface area (TPSA) is 55.0 Å². The summed E-state index contributed by atoms with van der Waals surface area (Å²) in [5, 5.41) is 1.02. The molecule has 0 unspecified atom stereocenters. The Morgan fingerprint density at radius 2 is 2.09 bits per heavy atom. The van der Waals surface area contributed by atoms with E-state index in [9.17, 15) is 0 Å². The van der Waals surface area contributed by atoms with Crippen LogP contribution in [0.1, 0.15) is 11.3 Å². The molecule has 0 saturated carbocycles. The zero-order valence-electron chi connectivity index (χ0n) is 13.0. The monoisotopic (exact) mass is 299 g/mol. The zero-order valence-corrected chi connectivity index (χ0v) is 13.0. The normalized spacial score (nSPS) is 13.6. The third kappa shape index (κ3) is 2.33. The molecule has 4 rings (SSSR count). The van der Waals surface area contributed by atoms with Gasteiger partial charge in [-0.05, 0) is 0 Å². The SMILES string of the molecule is [B]=C1Cc2ccc(-c3ccc4cnc(CN)cc4n3)cc2N1C. The summed E-state index contributed by atoms with van der Waals surface area (Å²) >= 11 is 0. The van der Waals surface area contributed by atoms with Gasteiger partial charge < -0.3 is 0 Å². The van der Waals surface area contributed by atoms with E-state index < -0.39 is 0 Å². The number of nitrogens with two attached hydrogens (primary N) is 1. The van der Waals surface area contributed by atoms with Crippen molar-refractivity contribution < 1.29 is 0 Å². The number of aromatic nitrogens is 2. The molecule has 1 aliphatic rings. The molecule has 3 heterocycles. The van der Waals surface area contributed by atoms with Gasteiger partial charge in [-0.25, -0.2) is 0 Å². The Hall–Kier alpha value is -2.53. The fourth-order valence-corrected chi connectivity index (χ4v) is 2.98. The fraction of sp³-hybridized carbons (Fsp3) is 0.167. The van der Waals surface area contributed by atoms with Crippen molar-refractivity contribution >= 4 is 29.7 Å². The second-order valence-electron chi connectivity index (χ2n) is 5.84. The van der Waals surface area contributed by atoms with Crippen molar-refractivity contribution in [2.24, 2.45) is 5.73 Å². The van der Waals surface area contributed by atoms with Crippen molar-refractivity contribution in [1.82, 2.24) is 9.97 Å². The summed E-state index contributed by atoms with van der Waals surface area (Å²) in [6, 6.07) is 12.4. The number of rotatable bonds is 2. The quantitative estimate of drug-likeness (QED) is 0.736. The number of nitrogens with zero attached hydrogens (tertiary/aromatic N) is 3. The van der Waals surface area contributed by atoms with Crippen LogP contribution in [0.2, 0.25) is 0 Å². The molecule has 1 aromatic carbocycles. The molecule has 0 amide bonds. The summed E-state index contributed by atoms with van der Waals surface area (Å²) in [5.74, 6) is 0. The first-order valence-corrected chi connectivity index (χ1v) is 7.60. The molecule has 0 spiro atoms. The van der Waals surface area contributed by atoms with E-state index in [-0.39, 0.29) is 0 Å². The van der Waals surface area contributed by atoms with Crippen LogP contribution in [0.3, 0.4) is 0 Å². The van der Waals surface area contributed by atoms with Crippen molar-refractivity contribution in [2.75, 3.05) is 11.9 Å². The van der Waals surface area contributed by atoms with Crippen LogP contribution in [0.4, 0.5) is 5.69 Å². The average molecular weight is 299 g/mol. The van der Waals surface area contributed by atoms with Crippen LogP contribution in [0, 0.1) is 0 Å². The number of hydrogen-bond acceptors (Lipinski definition) is 4. The van der Waals surface area contributed by atoms with E-state index >= 15 is 0 Å². The van der Waals surface area contributed by atoms with Crippen LogP contribution in [0.15, 0.2) is 42.6 Å². The van der Waals surface area contributed by atoms with E-state index in [0.717, 1.165) is 45.5 Å². The first-order valence-electron chi connectivity index (χ1n) is 7.60. The molecule has 1 aliphatic heterocycles. The van der Waals surface area contributed by atoms with Crippen molar-refractivity contribution in [3.63, 3.8) is 0 Å². The van der Waals surface area contributed by atoms with Crippen molar-refractivity contribution in [3.05, 3.63) is 53.9 Å². The number of pyridine rings is 2. The van der Waals surface area contributed by atoms with E-state index in [4.69, 9.17) is 18.2 Å². The summed E-state index contributed by atoms with van der Waals surface area (Å²) in [6.07, 6.45) is 2.63. The first kappa shape index (κ1) is 14.1. The molecule has 23 heavy (non-hydrogen) atoms. The van der Waals surface area contributed by atoms with Gasteiger partial charge >= 0.3 is 135 Å². The van der Waals surface area contributed by atoms with E-state index in [2.05, 4.69) is 23.2 Å². The number of benzene rings is 1. The molecule has 2 N–H and O–H groups in total. The molecule has 2 aromatic heterocycles. The first-order chi connectivity index (χ1) is 11.2. The summed E-state index contributed by atoms with van der Waals surface area (Å²) in [7, 11) is 8.03. The second kappa shape index (κ2) is 5.28. The zero-order chi connectivity index (χ0) is 16.0. The van der Waals surface area contributed by atoms with E-state index in [1.165, 1.54) is 5.56 Å². The minimum absolute atomic E-state index is 0.417. The summed E-state index contributed by atoms with van der Waals surface area (Å²) in [5.41, 5.74) is 12.7. The number of anilines is 1. The molecule has 5 heteroatoms. The number of fused-ring (bicyclic) bond motifs is 2. The van der Waals surface area contributed by atoms with Crippen molar-refractivity contribution in [1.29, 1.82) is 0 Å². The molecule has 0 saturated heterocycles. The van der Waals surface area contributed by atoms with Gasteiger partial charge in [0.05, 0.1) is 0 Å². The van der Waals surface area contributed by atoms with E-state index in [0.29, 0.717) is 6.54 Å². The van der Waals surface area contributed by atoms with Gasteiger partial charge in [0.2, 0.25) is 0 Å². The van der Waals surface area contributed by atoms with Crippen LogP contribution in [0.5, 0.6) is 0 Å². The Kier molecular flexibility index (Phi) is 3.24. The van der Waals surface area contributed by atoms with Gasteiger partial charge in [-0.3, -0.25) is 0 Å². The summed E-state index contributed by atoms with van der Waals surface area (Å²) in [6.45, 7) is 0.417. The van der Waals surface area contributed by atoms with E-state index in [1.54, 1.807) is 0 Å². The van der Waals surface area contributed by atoms with Crippen molar-refractivity contribution in [2.45, 2.75) is 13.0 Å². The predicted molar refractivity (Wildman–Crippen MR) is 95.7 cm³/mol. The maximum absolute atomic E-state index is 6.03. The van der Waals surface area contributed by atoms with Gasteiger partial charge in [0, 0.05) is 0 Å². The maximum atomic E-state index is 6.03. The molecule has 0 fully saturated rings. The Morgan fingerprint density at radius 3 is 2.91 bits per heavy atom. The summed E-state index contributed by atoms with van der Waals surface area (Å²) in [4.78, 5) is 11.1. The van der Waals surface area contributed by atoms with Crippen LogP contribution >= 0.6 is 0 Å². The summed E-state index contributed by atoms with van der Waals surface area (Å²) < 4.78 is 0. The van der Waals surface area contributed by atoms with Crippen LogP contribution in [-0.4, -0.2) is 30.1 Å². The average Bonchev–Trinajstić information content (AvgIpc) is 2.88. The standard InChI is InChI=1S/C18H16BN4/c1-23-17-6-11(2-3-12(17)7-18(23)19)15-5-4-13-10-21-14(9-20)8-16(13)22-15/h2-6,8,10H,7,9,20H2,1H3. The van der Waals surface area contributed by atoms with Gasteiger partial charge in [0.15, 0.2) is 0 Å². The van der Waals surface area contributed by atoms with Crippen LogP contribution in [-0.2, 0) is 13.0 Å². The number of hydrogen-bond donors (Lipinski definition) is 1. The molecule has 0 aliphatic carbocycles. The van der Waals surface area contributed by atoms with E-state index in [1.807, 2.05) is 36.3 Å². The van der Waals surface area contributed by atoms with Crippen LogP contribution in [0.25, 0.3) is 22.2 Å².